The van der Waals surface area contributed by atoms with Gasteiger partial charge in [-0.2, -0.15) is 0 Å². The molecule has 0 atom stereocenters. The molecule has 0 fully saturated rings. The molecule has 3 N–H and O–H groups in total. The van der Waals surface area contributed by atoms with Crippen LogP contribution in [0.25, 0.3) is 0 Å². The monoisotopic (exact) mass is 136 g/mol. The van der Waals surface area contributed by atoms with Gasteiger partial charge in [0.15, 0.2) is 0 Å². The van der Waals surface area contributed by atoms with Crippen molar-refractivity contribution in [1.82, 2.24) is 0 Å². The van der Waals surface area contributed by atoms with Crippen molar-refractivity contribution in [1.29, 1.82) is 5.41 Å². The van der Waals surface area contributed by atoms with Crippen molar-refractivity contribution >= 4 is 6.21 Å². The summed E-state index contributed by atoms with van der Waals surface area (Å²) in [6, 6.07) is 0. The molecule has 0 aliphatic heterocycles. The first-order chi connectivity index (χ1) is 4.84. The number of hydrogen-bond donors (Lipinski definition) is 2. The lowest BCUT2D eigenvalue weighted by Gasteiger charge is -1.96. The van der Waals surface area contributed by atoms with Gasteiger partial charge in [-0.15, -0.1) is 0 Å². The maximum Gasteiger partial charge on any atom is 0.0399 e. The molecular weight excluding hydrogens is 124 g/mol. The van der Waals surface area contributed by atoms with E-state index in [1.54, 1.807) is 0 Å². The molecule has 0 bridgehead atoms. The van der Waals surface area contributed by atoms with Crippen molar-refractivity contribution in [2.45, 2.75) is 6.42 Å². The SMILES string of the molecule is N=CC1=CCC=CC=C1N.[HH]. The van der Waals surface area contributed by atoms with Gasteiger partial charge in [0.25, 0.3) is 0 Å². The quantitative estimate of drug-likeness (QED) is 0.528. The van der Waals surface area contributed by atoms with Gasteiger partial charge in [0.2, 0.25) is 0 Å². The fourth-order valence-corrected chi connectivity index (χ4v) is 0.802. The molecule has 2 nitrogen and oxygen atoms in total. The summed E-state index contributed by atoms with van der Waals surface area (Å²) in [4.78, 5) is 0. The first-order valence-electron chi connectivity index (χ1n) is 3.18. The van der Waals surface area contributed by atoms with Crippen LogP contribution in [0.1, 0.15) is 7.85 Å². The van der Waals surface area contributed by atoms with Crippen LogP contribution in [0.2, 0.25) is 0 Å². The number of hydrogen-bond acceptors (Lipinski definition) is 2. The Kier molecular flexibility index (Phi) is 2.05. The second-order valence-electron chi connectivity index (χ2n) is 2.09. The third kappa shape index (κ3) is 1.35. The van der Waals surface area contributed by atoms with Crippen molar-refractivity contribution in [3.8, 4) is 0 Å². The largest absolute Gasteiger partial charge is 0.398 e. The lowest BCUT2D eigenvalue weighted by molar-refractivity contribution is 1.33. The Bertz CT molecular complexity index is 226. The molecule has 0 aromatic rings. The second-order valence-corrected chi connectivity index (χ2v) is 2.09. The van der Waals surface area contributed by atoms with Crippen molar-refractivity contribution in [3.05, 3.63) is 35.6 Å². The molecule has 0 spiro atoms. The molecule has 10 heavy (non-hydrogen) atoms. The van der Waals surface area contributed by atoms with Gasteiger partial charge in [-0.05, 0) is 12.5 Å². The van der Waals surface area contributed by atoms with Crippen molar-refractivity contribution < 1.29 is 1.43 Å². The molecule has 0 radical (unpaired) electrons. The van der Waals surface area contributed by atoms with Crippen LogP contribution in [-0.4, -0.2) is 6.21 Å². The minimum Gasteiger partial charge on any atom is -0.398 e. The number of nitrogens with one attached hydrogen (secondary N) is 1. The van der Waals surface area contributed by atoms with E-state index >= 15 is 0 Å². The topological polar surface area (TPSA) is 49.9 Å². The van der Waals surface area contributed by atoms with Crippen LogP contribution in [0.3, 0.4) is 0 Å². The average molecular weight is 136 g/mol. The van der Waals surface area contributed by atoms with E-state index in [-0.39, 0.29) is 1.43 Å². The second kappa shape index (κ2) is 3.01. The van der Waals surface area contributed by atoms with Gasteiger partial charge in [-0.3, -0.25) is 0 Å². The fraction of sp³-hybridized carbons (Fsp3) is 0.125. The van der Waals surface area contributed by atoms with E-state index in [4.69, 9.17) is 11.1 Å². The normalized spacial score (nSPS) is 17.2. The Labute approximate surface area is 61.7 Å². The summed E-state index contributed by atoms with van der Waals surface area (Å²) < 4.78 is 0. The maximum atomic E-state index is 6.98. The average Bonchev–Trinajstić information content (AvgIpc) is 2.13. The van der Waals surface area contributed by atoms with E-state index in [2.05, 4.69) is 0 Å². The van der Waals surface area contributed by atoms with Gasteiger partial charge in [0.05, 0.1) is 0 Å². The zero-order chi connectivity index (χ0) is 7.40. The van der Waals surface area contributed by atoms with E-state index in [1.165, 1.54) is 6.21 Å². The molecule has 0 amide bonds. The lowest BCUT2D eigenvalue weighted by atomic mass is 10.2. The zero-order valence-corrected chi connectivity index (χ0v) is 5.67. The van der Waals surface area contributed by atoms with Gasteiger partial charge >= 0.3 is 0 Å². The molecule has 0 aromatic heterocycles. The Morgan fingerprint density at radius 3 is 3.20 bits per heavy atom. The molecule has 0 heterocycles. The Balaban J connectivity index is 0.000001000. The molecular formula is C8H12N2. The molecule has 0 aromatic carbocycles. The molecule has 54 valence electrons. The molecule has 0 saturated heterocycles. The van der Waals surface area contributed by atoms with Crippen LogP contribution in [0.15, 0.2) is 35.6 Å². The number of nitrogens with two attached hydrogens (primary N) is 1. The smallest absolute Gasteiger partial charge is 0.0399 e. The Hall–Kier alpha value is -1.31. The van der Waals surface area contributed by atoms with E-state index in [0.29, 0.717) is 5.70 Å². The maximum absolute atomic E-state index is 6.98. The molecule has 1 rings (SSSR count). The molecule has 0 unspecified atom stereocenters. The highest BCUT2D eigenvalue weighted by Gasteiger charge is 1.95. The van der Waals surface area contributed by atoms with Crippen LogP contribution < -0.4 is 5.73 Å². The van der Waals surface area contributed by atoms with Crippen molar-refractivity contribution in [2.24, 2.45) is 5.73 Å². The van der Waals surface area contributed by atoms with Crippen LogP contribution >= 0.6 is 0 Å². The highest BCUT2D eigenvalue weighted by molar-refractivity contribution is 5.82. The third-order valence-electron chi connectivity index (χ3n) is 1.37. The minimum atomic E-state index is 0. The summed E-state index contributed by atoms with van der Waals surface area (Å²) in [5, 5.41) is 6.98. The summed E-state index contributed by atoms with van der Waals surface area (Å²) in [7, 11) is 0. The van der Waals surface area contributed by atoms with Gasteiger partial charge < -0.3 is 11.1 Å². The van der Waals surface area contributed by atoms with Crippen molar-refractivity contribution in [2.75, 3.05) is 0 Å². The number of rotatable bonds is 1. The van der Waals surface area contributed by atoms with Crippen molar-refractivity contribution in [3.63, 3.8) is 0 Å². The molecule has 1 aliphatic carbocycles. The summed E-state index contributed by atoms with van der Waals surface area (Å²) in [6.45, 7) is 0. The van der Waals surface area contributed by atoms with Gasteiger partial charge in [-0.25, -0.2) is 0 Å². The van der Waals surface area contributed by atoms with Gasteiger partial charge in [0.1, 0.15) is 0 Å². The number of allylic oxidation sites excluding steroid dienone is 5. The van der Waals surface area contributed by atoms with Gasteiger partial charge in [0, 0.05) is 18.9 Å². The Morgan fingerprint density at radius 1 is 1.70 bits per heavy atom. The minimum absolute atomic E-state index is 0. The van der Waals surface area contributed by atoms with E-state index in [9.17, 15) is 0 Å². The van der Waals surface area contributed by atoms with Crippen LogP contribution in [-0.2, 0) is 0 Å². The fourth-order valence-electron chi connectivity index (χ4n) is 0.802. The highest BCUT2D eigenvalue weighted by Crippen LogP contribution is 2.06. The van der Waals surface area contributed by atoms with Crippen LogP contribution in [0, 0.1) is 5.41 Å². The standard InChI is InChI=1S/C8H10N2.H2/c9-6-7-4-2-1-3-5-8(7)10;/h1,3-6,9H,2,10H2;1H. The zero-order valence-electron chi connectivity index (χ0n) is 5.67. The summed E-state index contributed by atoms with van der Waals surface area (Å²) in [5.74, 6) is 0. The first-order valence-corrected chi connectivity index (χ1v) is 3.18. The van der Waals surface area contributed by atoms with Crippen LogP contribution in [0.4, 0.5) is 0 Å². The first kappa shape index (κ1) is 6.81. The third-order valence-corrected chi connectivity index (χ3v) is 1.37. The highest BCUT2D eigenvalue weighted by atomic mass is 14.6. The molecule has 1 aliphatic rings. The summed E-state index contributed by atoms with van der Waals surface area (Å²) in [6.07, 6.45) is 9.79. The van der Waals surface area contributed by atoms with Gasteiger partial charge in [-0.1, -0.05) is 18.2 Å². The van der Waals surface area contributed by atoms with E-state index in [1.807, 2.05) is 24.3 Å². The molecule has 2 heteroatoms. The predicted octanol–water partition coefficient (Wildman–Crippen LogP) is 1.61. The molecule has 0 saturated carbocycles. The summed E-state index contributed by atoms with van der Waals surface area (Å²) in [5.41, 5.74) is 7.06. The lowest BCUT2D eigenvalue weighted by Crippen LogP contribution is -2.00. The van der Waals surface area contributed by atoms with E-state index < -0.39 is 0 Å². The predicted molar refractivity (Wildman–Crippen MR) is 45.0 cm³/mol. The van der Waals surface area contributed by atoms with Crippen LogP contribution in [0.5, 0.6) is 0 Å². The Morgan fingerprint density at radius 2 is 2.50 bits per heavy atom. The summed E-state index contributed by atoms with van der Waals surface area (Å²) >= 11 is 0. The van der Waals surface area contributed by atoms with E-state index in [0.717, 1.165) is 12.0 Å².